The molecule has 0 radical (unpaired) electrons. The van der Waals surface area contributed by atoms with Crippen molar-refractivity contribution in [2.45, 2.75) is 117 Å². The van der Waals surface area contributed by atoms with Gasteiger partial charge in [0.25, 0.3) is 0 Å². The molecule has 12 nitrogen and oxygen atoms in total. The van der Waals surface area contributed by atoms with Crippen molar-refractivity contribution >= 4 is 0 Å². The zero-order valence-corrected chi connectivity index (χ0v) is 57.3. The predicted molar refractivity (Wildman–Crippen MR) is 386 cm³/mol. The Labute approximate surface area is 596 Å². The molecule has 0 aliphatic carbocycles. The van der Waals surface area contributed by atoms with Crippen LogP contribution in [0.3, 0.4) is 0 Å². The van der Waals surface area contributed by atoms with E-state index in [0.29, 0.717) is 16.8 Å². The van der Waals surface area contributed by atoms with E-state index in [1.807, 2.05) is 150 Å². The van der Waals surface area contributed by atoms with E-state index < -0.39 is 48.0 Å². The molecular weight excluding hydrogens is 1160 g/mol. The molecule has 0 aliphatic rings. The van der Waals surface area contributed by atoms with Crippen LogP contribution in [-0.4, -0.2) is 29.9 Å². The van der Waals surface area contributed by atoms with Gasteiger partial charge in [0, 0.05) is 154 Å². The fourth-order valence-electron chi connectivity index (χ4n) is 11.0. The van der Waals surface area contributed by atoms with Gasteiger partial charge < -0.3 is 0 Å². The topological polar surface area (TPSA) is 101 Å². The fourth-order valence-corrected chi connectivity index (χ4v) is 11.0. The molecule has 0 saturated carbocycles. The first-order valence-electron chi connectivity index (χ1n) is 41.2. The summed E-state index contributed by atoms with van der Waals surface area (Å²) in [4.78, 5) is 25.1. The van der Waals surface area contributed by atoms with E-state index in [4.69, 9.17) is 28.8 Å². The summed E-state index contributed by atoms with van der Waals surface area (Å²) in [6.07, 6.45) is 21.1. The molecule has 0 amide bonds. The van der Waals surface area contributed by atoms with Crippen LogP contribution >= 0.6 is 0 Å². The van der Waals surface area contributed by atoms with Crippen LogP contribution in [0, 0.1) is 117 Å². The van der Waals surface area contributed by atoms with Gasteiger partial charge in [0.1, 0.15) is 42.3 Å². The zero-order chi connectivity index (χ0) is 86.9. The SMILES string of the molecule is Cc1cc[n+](C)c(-c2cnccc2C)c1.[2H]C([2H])([2H])c1cc(C)c(-c2cccc[n+]2C)c(C)n1.[2H]C([2H])([2H])c1ccc(-c2c(C)cc(C([2H])([2H])[2H])nc2C)[n+](C)c1.[2H]C([2H])([2H])c1ccc(-c2c(C)ccnc2C)[n+](C)c1.[2H]C([2H])([2H])c1ccc(-c2cnc(C([2H])([2H])[2H])cc2C)[n+](C)c1.[2H]C([2H])([2H])c1ccc(-c2cnccc2C)[n+](C)c1. The lowest BCUT2D eigenvalue weighted by atomic mass is 10.0. The van der Waals surface area contributed by atoms with E-state index in [1.54, 1.807) is 128 Å². The van der Waals surface area contributed by atoms with E-state index >= 15 is 0 Å². The number of rotatable bonds is 6. The van der Waals surface area contributed by atoms with E-state index in [2.05, 4.69) is 73.7 Å². The largest absolute Gasteiger partial charge is 0.264 e. The van der Waals surface area contributed by atoms with Crippen molar-refractivity contribution in [1.82, 2.24) is 29.9 Å². The highest BCUT2D eigenvalue weighted by Gasteiger charge is 2.20. The molecule has 486 valence electrons. The maximum Gasteiger partial charge on any atom is 0.214 e. The maximum atomic E-state index is 7.48. The highest BCUT2D eigenvalue weighted by Crippen LogP contribution is 2.27. The number of aromatic nitrogens is 12. The number of pyridine rings is 12. The third-order valence-corrected chi connectivity index (χ3v) is 15.8. The number of nitrogens with zero attached hydrogens (tertiary/aromatic N) is 12. The van der Waals surface area contributed by atoms with Crippen molar-refractivity contribution in [3.63, 3.8) is 0 Å². The second-order valence-electron chi connectivity index (χ2n) is 23.5. The lowest BCUT2D eigenvalue weighted by Gasteiger charge is -2.09. The average Bonchev–Trinajstić information content (AvgIpc) is 0.786. The van der Waals surface area contributed by atoms with Crippen molar-refractivity contribution in [3.05, 3.63) is 285 Å². The second-order valence-corrected chi connectivity index (χ2v) is 23.5. The van der Waals surface area contributed by atoms with Gasteiger partial charge in [-0.15, -0.1) is 0 Å². The van der Waals surface area contributed by atoms with E-state index in [9.17, 15) is 0 Å². The molecular formula is C83H100N12+6. The van der Waals surface area contributed by atoms with Crippen molar-refractivity contribution in [2.75, 3.05) is 0 Å². The second kappa shape index (κ2) is 33.1. The highest BCUT2D eigenvalue weighted by molar-refractivity contribution is 5.66. The molecule has 12 rings (SSSR count). The van der Waals surface area contributed by atoms with E-state index in [-0.39, 0.29) is 28.2 Å². The summed E-state index contributed by atoms with van der Waals surface area (Å²) in [6, 6.07) is 34.5. The summed E-state index contributed by atoms with van der Waals surface area (Å²) in [5.41, 5.74) is 22.6. The Kier molecular flexibility index (Phi) is 16.6. The smallest absolute Gasteiger partial charge is 0.214 e. The first-order valence-corrected chi connectivity index (χ1v) is 30.7. The van der Waals surface area contributed by atoms with Crippen LogP contribution < -0.4 is 27.4 Å². The van der Waals surface area contributed by atoms with Crippen LogP contribution in [0.4, 0.5) is 0 Å². The molecule has 0 aliphatic heterocycles. The van der Waals surface area contributed by atoms with Gasteiger partial charge in [-0.1, -0.05) is 0 Å². The van der Waals surface area contributed by atoms with Crippen molar-refractivity contribution < 1.29 is 56.2 Å². The van der Waals surface area contributed by atoms with E-state index in [1.165, 1.54) is 28.6 Å². The Hall–Kier alpha value is -10.2. The third kappa shape index (κ3) is 19.2. The zero-order valence-electron chi connectivity index (χ0n) is 78.3. The third-order valence-electron chi connectivity index (χ3n) is 15.8. The molecule has 95 heavy (non-hydrogen) atoms. The van der Waals surface area contributed by atoms with Crippen molar-refractivity contribution in [3.8, 4) is 67.5 Å². The summed E-state index contributed by atoms with van der Waals surface area (Å²) >= 11 is 0. The van der Waals surface area contributed by atoms with Crippen LogP contribution in [0.1, 0.15) is 124 Å². The van der Waals surface area contributed by atoms with E-state index in [0.717, 1.165) is 95.5 Å². The summed E-state index contributed by atoms with van der Waals surface area (Å²) in [7, 11) is 11.2. The fraction of sp³-hybridized carbons (Fsp3) is 0.277. The van der Waals surface area contributed by atoms with Gasteiger partial charge in [0.05, 0.1) is 50.5 Å². The molecule has 0 atom stereocenters. The lowest BCUT2D eigenvalue weighted by Crippen LogP contribution is -2.31. The molecule has 0 bridgehead atoms. The van der Waals surface area contributed by atoms with Crippen molar-refractivity contribution in [2.24, 2.45) is 42.3 Å². The lowest BCUT2D eigenvalue weighted by molar-refractivity contribution is -0.660. The molecule has 12 heterocycles. The molecule has 12 aromatic heterocycles. The normalized spacial score (nSPS) is 14.7. The number of hydrogen-bond acceptors (Lipinski definition) is 6. The van der Waals surface area contributed by atoms with Gasteiger partial charge in [-0.3, -0.25) is 29.9 Å². The Balaban J connectivity index is 0.000000193. The van der Waals surface area contributed by atoms with Crippen LogP contribution in [0.25, 0.3) is 67.5 Å². The Morgan fingerprint density at radius 3 is 1.12 bits per heavy atom. The molecule has 0 spiro atoms. The van der Waals surface area contributed by atoms with Gasteiger partial charge >= 0.3 is 0 Å². The van der Waals surface area contributed by atoms with Crippen LogP contribution in [-0.2, 0) is 42.3 Å². The average molecular weight is 1290 g/mol. The molecule has 0 N–H and O–H groups in total. The maximum absolute atomic E-state index is 7.48. The first kappa shape index (κ1) is 47.6. The Bertz CT molecular complexity index is 5360. The quantitative estimate of drug-likeness (QED) is 0.154. The van der Waals surface area contributed by atoms with Gasteiger partial charge in [0.15, 0.2) is 37.2 Å². The minimum Gasteiger partial charge on any atom is -0.264 e. The predicted octanol–water partition coefficient (Wildman–Crippen LogP) is 14.7. The summed E-state index contributed by atoms with van der Waals surface area (Å²) in [6.45, 7) is 4.27. The summed E-state index contributed by atoms with van der Waals surface area (Å²) in [5, 5.41) is 0. The first-order chi connectivity index (χ1) is 53.6. The standard InChI is InChI=1S/C15H19N2.3C14H17N2.2C13H15N2/c1-10-6-7-14(17(5)9-10)15-11(2)8-12(3)16-13(15)4;1-10-5-6-14(16(4)9-10)13-8-15-12(3)7-11(13)2;1-10-5-6-13(16(4)9-10)14-11(2)7-8-15-12(14)3;1-10-9-11(2)15-12(3)14(10)13-7-5-6-8-16(13)4;1-10-5-7-15(3)13(8-10)12-9-14-6-4-11(12)2;1-10-4-5-13(15(3)9-10)12-8-14-7-6-11(12)2/h6-9H,1-5H3;3*5-9H,1-4H3;2*4-9H,1-3H3/q6*+1/i2*1D3,3D3;1D3;2D3;;1D3. The van der Waals surface area contributed by atoms with Gasteiger partial charge in [-0.05, 0) is 223 Å². The molecule has 0 aromatic carbocycles. The van der Waals surface area contributed by atoms with Crippen LogP contribution in [0.2, 0.25) is 0 Å². The van der Waals surface area contributed by atoms with Gasteiger partial charge in [-0.25, -0.2) is 27.4 Å². The number of hydrogen-bond donors (Lipinski definition) is 0. The summed E-state index contributed by atoms with van der Waals surface area (Å²) in [5.74, 6) is 0. The molecule has 12 heteroatoms. The Morgan fingerprint density at radius 1 is 0.295 bits per heavy atom. The number of aryl methyl sites for hydroxylation is 23. The summed E-state index contributed by atoms with van der Waals surface area (Å²) < 4.78 is 167. The highest BCUT2D eigenvalue weighted by atomic mass is 15.0. The van der Waals surface area contributed by atoms with Gasteiger partial charge in [-0.2, -0.15) is 0 Å². The molecule has 0 unspecified atom stereocenters. The monoisotopic (exact) mass is 1290 g/mol. The minimum absolute atomic E-state index is 0.0514. The van der Waals surface area contributed by atoms with Crippen LogP contribution in [0.15, 0.2) is 190 Å². The van der Waals surface area contributed by atoms with Crippen LogP contribution in [0.5, 0.6) is 0 Å². The Morgan fingerprint density at radius 2 is 0.705 bits per heavy atom. The van der Waals surface area contributed by atoms with Crippen molar-refractivity contribution in [1.29, 1.82) is 0 Å². The molecule has 0 fully saturated rings. The molecule has 0 saturated heterocycles. The minimum atomic E-state index is -2.25. The molecule has 12 aromatic rings. The van der Waals surface area contributed by atoms with Gasteiger partial charge in [0.2, 0.25) is 34.2 Å².